The van der Waals surface area contributed by atoms with Crippen molar-refractivity contribution in [2.75, 3.05) is 11.9 Å². The Bertz CT molecular complexity index is 1450. The number of nitrogens with one attached hydrogen (secondary N) is 1. The number of carbonyl (C=O) groups excluding carboxylic acids is 1. The van der Waals surface area contributed by atoms with E-state index in [9.17, 15) is 22.7 Å². The average Bonchev–Trinajstić information content (AvgIpc) is 3.48. The van der Waals surface area contributed by atoms with Crippen LogP contribution in [0, 0.1) is 5.82 Å². The van der Waals surface area contributed by atoms with E-state index in [2.05, 4.69) is 10.3 Å². The molecule has 3 aromatic carbocycles. The summed E-state index contributed by atoms with van der Waals surface area (Å²) in [5.74, 6) is -0.978. The van der Waals surface area contributed by atoms with Crippen LogP contribution < -0.4 is 5.32 Å². The quantitative estimate of drug-likeness (QED) is 0.393. The molecule has 0 radical (unpaired) electrons. The standard InChI is InChI=1S/C24H20FN3O4S2/c25-15-7-10-17(11-8-15)34(31,32)28-13-3-5-20(28)23(30)26-16-9-12-21(29)18(14-16)24-27-19-4-1-2-6-22(19)33-24/h1-2,4,6-12,14,20,29H,3,5,13H2,(H,26,30)/t20-/m0/s1. The maximum Gasteiger partial charge on any atom is 0.243 e. The maximum absolute atomic E-state index is 13.2. The number of hydrogen-bond acceptors (Lipinski definition) is 6. The summed E-state index contributed by atoms with van der Waals surface area (Å²) in [6.45, 7) is 0.199. The Morgan fingerprint density at radius 3 is 2.65 bits per heavy atom. The fourth-order valence-electron chi connectivity index (χ4n) is 4.03. The molecule has 1 aliphatic rings. The number of hydrogen-bond donors (Lipinski definition) is 2. The van der Waals surface area contributed by atoms with Crippen molar-refractivity contribution in [1.82, 2.24) is 9.29 Å². The number of fused-ring (bicyclic) bond motifs is 1. The molecule has 1 saturated heterocycles. The topological polar surface area (TPSA) is 99.6 Å². The van der Waals surface area contributed by atoms with Crippen LogP contribution in [0.15, 0.2) is 71.6 Å². The van der Waals surface area contributed by atoms with E-state index in [0.717, 1.165) is 26.7 Å². The number of carbonyl (C=O) groups is 1. The number of phenols is 1. The van der Waals surface area contributed by atoms with Crippen LogP contribution in [0.4, 0.5) is 10.1 Å². The molecule has 34 heavy (non-hydrogen) atoms. The summed E-state index contributed by atoms with van der Waals surface area (Å²) in [6.07, 6.45) is 0.903. The third kappa shape index (κ3) is 4.15. The SMILES string of the molecule is O=C(Nc1ccc(O)c(-c2nc3ccccc3s2)c1)[C@@H]1CCCN1S(=O)(=O)c1ccc(F)cc1. The smallest absolute Gasteiger partial charge is 0.243 e. The van der Waals surface area contributed by atoms with Crippen molar-refractivity contribution in [3.05, 3.63) is 72.5 Å². The summed E-state index contributed by atoms with van der Waals surface area (Å²) in [5.41, 5.74) is 1.70. The van der Waals surface area contributed by atoms with Gasteiger partial charge in [-0.05, 0) is 67.4 Å². The normalized spacial score (nSPS) is 16.7. The minimum atomic E-state index is -3.96. The largest absolute Gasteiger partial charge is 0.507 e. The minimum Gasteiger partial charge on any atom is -0.507 e. The van der Waals surface area contributed by atoms with Crippen LogP contribution in [0.3, 0.4) is 0 Å². The molecule has 1 fully saturated rings. The van der Waals surface area contributed by atoms with E-state index in [4.69, 9.17) is 0 Å². The summed E-state index contributed by atoms with van der Waals surface area (Å²) in [4.78, 5) is 17.6. The molecule has 2 heterocycles. The van der Waals surface area contributed by atoms with Gasteiger partial charge in [-0.25, -0.2) is 17.8 Å². The predicted octanol–water partition coefficient (Wildman–Crippen LogP) is 4.60. The predicted molar refractivity (Wildman–Crippen MR) is 129 cm³/mol. The Morgan fingerprint density at radius 1 is 1.12 bits per heavy atom. The number of halogens is 1. The zero-order chi connectivity index (χ0) is 23.9. The summed E-state index contributed by atoms with van der Waals surface area (Å²) >= 11 is 1.42. The van der Waals surface area contributed by atoms with Crippen LogP contribution in [0.2, 0.25) is 0 Å². The second kappa shape index (κ2) is 8.79. The molecule has 4 aromatic rings. The van der Waals surface area contributed by atoms with Gasteiger partial charge in [-0.15, -0.1) is 11.3 Å². The van der Waals surface area contributed by atoms with Gasteiger partial charge in [-0.1, -0.05) is 12.1 Å². The number of thiazole rings is 1. The van der Waals surface area contributed by atoms with E-state index < -0.39 is 27.8 Å². The Morgan fingerprint density at radius 2 is 1.88 bits per heavy atom. The Hall–Kier alpha value is -3.34. The van der Waals surface area contributed by atoms with Crippen molar-refractivity contribution >= 4 is 43.2 Å². The molecule has 0 bridgehead atoms. The Balaban J connectivity index is 1.39. The highest BCUT2D eigenvalue weighted by molar-refractivity contribution is 7.89. The second-order valence-electron chi connectivity index (χ2n) is 7.94. The van der Waals surface area contributed by atoms with Crippen LogP contribution in [0.1, 0.15) is 12.8 Å². The summed E-state index contributed by atoms with van der Waals surface area (Å²) in [6, 6.07) is 15.9. The number of phenolic OH excluding ortho intramolecular Hbond substituents is 1. The summed E-state index contributed by atoms with van der Waals surface area (Å²) in [7, 11) is -3.96. The van der Waals surface area contributed by atoms with Gasteiger partial charge in [0.2, 0.25) is 15.9 Å². The van der Waals surface area contributed by atoms with Gasteiger partial charge >= 0.3 is 0 Å². The van der Waals surface area contributed by atoms with Crippen LogP contribution in [0.5, 0.6) is 5.75 Å². The molecule has 0 spiro atoms. The lowest BCUT2D eigenvalue weighted by Gasteiger charge is -2.23. The molecular formula is C24H20FN3O4S2. The van der Waals surface area contributed by atoms with E-state index in [-0.39, 0.29) is 17.2 Å². The van der Waals surface area contributed by atoms with E-state index >= 15 is 0 Å². The number of para-hydroxylation sites is 1. The van der Waals surface area contributed by atoms with Gasteiger partial charge in [0.25, 0.3) is 0 Å². The lowest BCUT2D eigenvalue weighted by Crippen LogP contribution is -2.43. The van der Waals surface area contributed by atoms with E-state index in [1.165, 1.54) is 29.5 Å². The zero-order valence-electron chi connectivity index (χ0n) is 17.8. The van der Waals surface area contributed by atoms with E-state index in [1.807, 2.05) is 24.3 Å². The van der Waals surface area contributed by atoms with Crippen molar-refractivity contribution in [2.45, 2.75) is 23.8 Å². The van der Waals surface area contributed by atoms with Crippen molar-refractivity contribution in [3.8, 4) is 16.3 Å². The summed E-state index contributed by atoms with van der Waals surface area (Å²) < 4.78 is 41.5. The molecule has 174 valence electrons. The van der Waals surface area contributed by atoms with Crippen LogP contribution in [-0.2, 0) is 14.8 Å². The van der Waals surface area contributed by atoms with Gasteiger partial charge in [-0.3, -0.25) is 4.79 Å². The molecule has 2 N–H and O–H groups in total. The monoisotopic (exact) mass is 497 g/mol. The number of aromatic nitrogens is 1. The third-order valence-electron chi connectivity index (χ3n) is 5.71. The molecule has 1 amide bonds. The highest BCUT2D eigenvalue weighted by atomic mass is 32.2. The molecule has 1 aliphatic heterocycles. The van der Waals surface area contributed by atoms with E-state index in [0.29, 0.717) is 29.1 Å². The molecule has 0 unspecified atom stereocenters. The lowest BCUT2D eigenvalue weighted by molar-refractivity contribution is -0.119. The minimum absolute atomic E-state index is 0.0263. The van der Waals surface area contributed by atoms with Crippen molar-refractivity contribution < 1.29 is 22.7 Å². The van der Waals surface area contributed by atoms with Gasteiger partial charge in [-0.2, -0.15) is 4.31 Å². The van der Waals surface area contributed by atoms with Crippen molar-refractivity contribution in [1.29, 1.82) is 0 Å². The molecule has 0 saturated carbocycles. The van der Waals surface area contributed by atoms with Gasteiger partial charge in [0.15, 0.2) is 0 Å². The van der Waals surface area contributed by atoms with Gasteiger partial charge in [0, 0.05) is 12.2 Å². The zero-order valence-corrected chi connectivity index (χ0v) is 19.4. The highest BCUT2D eigenvalue weighted by Gasteiger charge is 2.39. The molecule has 1 aromatic heterocycles. The van der Waals surface area contributed by atoms with Crippen LogP contribution in [0.25, 0.3) is 20.8 Å². The van der Waals surface area contributed by atoms with Crippen molar-refractivity contribution in [3.63, 3.8) is 0 Å². The fraction of sp³-hybridized carbons (Fsp3) is 0.167. The molecule has 5 rings (SSSR count). The average molecular weight is 498 g/mol. The van der Waals surface area contributed by atoms with Gasteiger partial charge in [0.05, 0.1) is 20.7 Å². The molecule has 10 heteroatoms. The first-order valence-electron chi connectivity index (χ1n) is 10.6. The number of nitrogens with zero attached hydrogens (tertiary/aromatic N) is 2. The Kier molecular flexibility index (Phi) is 5.80. The first-order chi connectivity index (χ1) is 16.3. The van der Waals surface area contributed by atoms with Crippen molar-refractivity contribution in [2.24, 2.45) is 0 Å². The third-order valence-corrected chi connectivity index (χ3v) is 8.71. The number of sulfonamides is 1. The molecule has 1 atom stereocenters. The first-order valence-corrected chi connectivity index (χ1v) is 12.9. The summed E-state index contributed by atoms with van der Waals surface area (Å²) in [5, 5.41) is 13.8. The second-order valence-corrected chi connectivity index (χ2v) is 10.9. The number of anilines is 1. The van der Waals surface area contributed by atoms with E-state index in [1.54, 1.807) is 12.1 Å². The lowest BCUT2D eigenvalue weighted by atomic mass is 10.1. The number of rotatable bonds is 5. The first kappa shape index (κ1) is 22.5. The molecular weight excluding hydrogens is 477 g/mol. The molecule has 0 aliphatic carbocycles. The van der Waals surface area contributed by atoms with Gasteiger partial charge in [0.1, 0.15) is 22.6 Å². The van der Waals surface area contributed by atoms with Gasteiger partial charge < -0.3 is 10.4 Å². The molecule has 7 nitrogen and oxygen atoms in total. The van der Waals surface area contributed by atoms with Crippen LogP contribution >= 0.6 is 11.3 Å². The maximum atomic E-state index is 13.2. The number of benzene rings is 3. The van der Waals surface area contributed by atoms with Crippen LogP contribution in [-0.4, -0.2) is 41.3 Å². The fourth-order valence-corrected chi connectivity index (χ4v) is 6.68. The highest BCUT2D eigenvalue weighted by Crippen LogP contribution is 2.37. The number of amides is 1. The Labute approximate surface area is 199 Å². The number of aromatic hydroxyl groups is 1.